The summed E-state index contributed by atoms with van der Waals surface area (Å²) in [5, 5.41) is 11.7. The molecule has 0 saturated heterocycles. The first kappa shape index (κ1) is 31.0. The molecule has 4 rings (SSSR count). The van der Waals surface area contributed by atoms with Crippen molar-refractivity contribution in [2.24, 2.45) is 0 Å². The number of nitro benzene ring substituents is 1. The number of rotatable bonds is 3. The number of benzene rings is 2. The van der Waals surface area contributed by atoms with Crippen molar-refractivity contribution in [2.45, 2.75) is 79.1 Å². The summed E-state index contributed by atoms with van der Waals surface area (Å²) in [5.74, 6) is -0.00440. The molecule has 0 radical (unpaired) electrons. The molecule has 0 spiro atoms. The summed E-state index contributed by atoms with van der Waals surface area (Å²) in [6, 6.07) is 10.1. The molecule has 0 atom stereocenters. The Labute approximate surface area is 247 Å². The van der Waals surface area contributed by atoms with Crippen LogP contribution in [0.25, 0.3) is 33.6 Å². The molecule has 0 unspecified atom stereocenters. The predicted molar refractivity (Wildman–Crippen MR) is 158 cm³/mol. The van der Waals surface area contributed by atoms with Gasteiger partial charge in [-0.3, -0.25) is 10.1 Å². The van der Waals surface area contributed by atoms with Crippen LogP contribution in [-0.2, 0) is 14.2 Å². The molecular formula is C30H34N4O9. The third-order valence-corrected chi connectivity index (χ3v) is 5.57. The Bertz CT molecular complexity index is 1720. The van der Waals surface area contributed by atoms with Crippen molar-refractivity contribution in [3.63, 3.8) is 0 Å². The van der Waals surface area contributed by atoms with E-state index in [4.69, 9.17) is 18.6 Å². The fraction of sp³-hybridized carbons (Fsp3) is 0.400. The zero-order valence-electron chi connectivity index (χ0n) is 25.5. The number of nitro groups is 1. The highest BCUT2D eigenvalue weighted by atomic mass is 16.6. The number of ether oxygens (including phenoxy) is 3. The van der Waals surface area contributed by atoms with Crippen LogP contribution < -0.4 is 4.90 Å². The molecule has 0 N–H and O–H groups in total. The van der Waals surface area contributed by atoms with Crippen LogP contribution in [0.1, 0.15) is 62.3 Å². The summed E-state index contributed by atoms with van der Waals surface area (Å²) in [6.07, 6.45) is -2.64. The molecule has 13 heteroatoms. The highest BCUT2D eigenvalue weighted by Crippen LogP contribution is 2.34. The van der Waals surface area contributed by atoms with Gasteiger partial charge in [-0.2, -0.15) is 4.90 Å². The number of nitrogens with zero attached hydrogens (tertiary/aromatic N) is 4. The average Bonchev–Trinajstić information content (AvgIpc) is 3.41. The van der Waals surface area contributed by atoms with Crippen LogP contribution in [-0.4, -0.2) is 49.6 Å². The molecule has 43 heavy (non-hydrogen) atoms. The molecule has 228 valence electrons. The Morgan fingerprint density at radius 2 is 1.42 bits per heavy atom. The van der Waals surface area contributed by atoms with Crippen LogP contribution in [0.2, 0.25) is 0 Å². The molecule has 2 aromatic carbocycles. The second kappa shape index (κ2) is 10.7. The zero-order valence-corrected chi connectivity index (χ0v) is 25.5. The van der Waals surface area contributed by atoms with E-state index >= 15 is 0 Å². The quantitative estimate of drug-likeness (QED) is 0.130. The van der Waals surface area contributed by atoms with E-state index in [2.05, 4.69) is 4.98 Å². The van der Waals surface area contributed by atoms with Crippen molar-refractivity contribution in [3.05, 3.63) is 52.6 Å². The molecule has 0 saturated carbocycles. The van der Waals surface area contributed by atoms with Crippen molar-refractivity contribution in [1.82, 2.24) is 9.55 Å². The maximum atomic E-state index is 13.5. The van der Waals surface area contributed by atoms with Crippen molar-refractivity contribution in [3.8, 4) is 11.6 Å². The first-order valence-corrected chi connectivity index (χ1v) is 13.4. The van der Waals surface area contributed by atoms with Crippen molar-refractivity contribution in [2.75, 3.05) is 4.90 Å². The number of fused-ring (bicyclic) bond motifs is 2. The monoisotopic (exact) mass is 594 g/mol. The van der Waals surface area contributed by atoms with E-state index in [0.717, 1.165) is 4.90 Å². The molecule has 0 aliphatic carbocycles. The standard InChI is InChI=1S/C30H34N4O9/c1-28(2,3)41-25(35)32(26(36)42-29(4,5)6)18-10-12-21-17(14-18)15-22(33(21)27(37)43-30(7,8)9)24-31-20-16-19(34(38)39)11-13-23(20)40-24/h10-16H,1-9H3. The second-order valence-corrected chi connectivity index (χ2v) is 12.8. The van der Waals surface area contributed by atoms with Crippen LogP contribution in [0.5, 0.6) is 0 Å². The molecular weight excluding hydrogens is 560 g/mol. The van der Waals surface area contributed by atoms with Crippen LogP contribution in [0.3, 0.4) is 0 Å². The van der Waals surface area contributed by atoms with Crippen molar-refractivity contribution < 1.29 is 37.9 Å². The molecule has 13 nitrogen and oxygen atoms in total. The van der Waals surface area contributed by atoms with E-state index in [9.17, 15) is 24.5 Å². The van der Waals surface area contributed by atoms with E-state index in [1.54, 1.807) is 68.4 Å². The Morgan fingerprint density at radius 1 is 0.837 bits per heavy atom. The van der Waals surface area contributed by atoms with E-state index in [-0.39, 0.29) is 34.1 Å². The lowest BCUT2D eigenvalue weighted by Gasteiger charge is -2.28. The Hall–Kier alpha value is -4.94. The molecule has 0 aliphatic rings. The van der Waals surface area contributed by atoms with Gasteiger partial charge in [-0.15, -0.1) is 0 Å². The fourth-order valence-corrected chi connectivity index (χ4v) is 4.04. The lowest BCUT2D eigenvalue weighted by Crippen LogP contribution is -2.43. The number of imide groups is 1. The van der Waals surface area contributed by atoms with E-state index in [0.29, 0.717) is 10.9 Å². The van der Waals surface area contributed by atoms with Gasteiger partial charge in [-0.25, -0.2) is 23.9 Å². The number of hydrogen-bond acceptors (Lipinski definition) is 10. The van der Waals surface area contributed by atoms with Gasteiger partial charge in [0.25, 0.3) is 5.69 Å². The molecule has 0 bridgehead atoms. The number of anilines is 1. The normalized spacial score (nSPS) is 12.3. The molecule has 0 fully saturated rings. The summed E-state index contributed by atoms with van der Waals surface area (Å²) in [4.78, 5) is 55.8. The van der Waals surface area contributed by atoms with Gasteiger partial charge in [0.05, 0.1) is 16.1 Å². The number of non-ortho nitro benzene ring substituents is 1. The van der Waals surface area contributed by atoms with Crippen molar-refractivity contribution >= 4 is 51.7 Å². The van der Waals surface area contributed by atoms with Crippen LogP contribution in [0, 0.1) is 10.1 Å². The van der Waals surface area contributed by atoms with Gasteiger partial charge in [-0.1, -0.05) is 0 Å². The lowest BCUT2D eigenvalue weighted by molar-refractivity contribution is -0.384. The maximum Gasteiger partial charge on any atom is 0.424 e. The number of carbonyl (C=O) groups excluding carboxylic acids is 3. The Kier molecular flexibility index (Phi) is 7.73. The minimum absolute atomic E-state index is 0.00440. The average molecular weight is 595 g/mol. The summed E-state index contributed by atoms with van der Waals surface area (Å²) < 4.78 is 23.7. The van der Waals surface area contributed by atoms with Gasteiger partial charge < -0.3 is 18.6 Å². The van der Waals surface area contributed by atoms with Gasteiger partial charge >= 0.3 is 18.3 Å². The molecule has 0 aliphatic heterocycles. The number of carbonyl (C=O) groups is 3. The Balaban J connectivity index is 1.90. The lowest BCUT2D eigenvalue weighted by atomic mass is 10.2. The Morgan fingerprint density at radius 3 is 1.95 bits per heavy atom. The van der Waals surface area contributed by atoms with Crippen LogP contribution in [0.4, 0.5) is 25.8 Å². The molecule has 2 amide bonds. The van der Waals surface area contributed by atoms with Gasteiger partial charge in [0.2, 0.25) is 5.89 Å². The minimum Gasteiger partial charge on any atom is -0.443 e. The summed E-state index contributed by atoms with van der Waals surface area (Å²) in [7, 11) is 0. The van der Waals surface area contributed by atoms with Gasteiger partial charge in [0.15, 0.2) is 5.58 Å². The molecule has 2 heterocycles. The second-order valence-electron chi connectivity index (χ2n) is 12.8. The third-order valence-electron chi connectivity index (χ3n) is 5.57. The highest BCUT2D eigenvalue weighted by molar-refractivity contribution is 6.11. The molecule has 2 aromatic heterocycles. The van der Waals surface area contributed by atoms with Gasteiger partial charge in [0, 0.05) is 17.5 Å². The number of amides is 2. The first-order chi connectivity index (χ1) is 19.7. The predicted octanol–water partition coefficient (Wildman–Crippen LogP) is 7.82. The number of hydrogen-bond donors (Lipinski definition) is 0. The SMILES string of the molecule is CC(C)(C)OC(=O)N(C(=O)OC(C)(C)C)c1ccc2c(c1)cc(-c1nc3cc([N+](=O)[O-])ccc3o1)n2C(=O)OC(C)(C)C. The number of aromatic nitrogens is 2. The van der Waals surface area contributed by atoms with Crippen LogP contribution in [0.15, 0.2) is 46.9 Å². The minimum atomic E-state index is -0.951. The van der Waals surface area contributed by atoms with Gasteiger partial charge in [0.1, 0.15) is 28.0 Å². The topological polar surface area (TPSA) is 156 Å². The van der Waals surface area contributed by atoms with Crippen LogP contribution >= 0.6 is 0 Å². The maximum absolute atomic E-state index is 13.5. The van der Waals surface area contributed by atoms with E-state index in [1.807, 2.05) is 0 Å². The van der Waals surface area contributed by atoms with Gasteiger partial charge in [-0.05, 0) is 92.6 Å². The summed E-state index contributed by atoms with van der Waals surface area (Å²) in [5.41, 5.74) is -1.69. The summed E-state index contributed by atoms with van der Waals surface area (Å²) in [6.45, 7) is 15.2. The van der Waals surface area contributed by atoms with E-state index in [1.165, 1.54) is 41.0 Å². The third kappa shape index (κ3) is 7.11. The largest absolute Gasteiger partial charge is 0.443 e. The summed E-state index contributed by atoms with van der Waals surface area (Å²) >= 11 is 0. The number of oxazole rings is 1. The smallest absolute Gasteiger partial charge is 0.424 e. The fourth-order valence-electron chi connectivity index (χ4n) is 4.04. The van der Waals surface area contributed by atoms with E-state index < -0.39 is 40.0 Å². The zero-order chi connectivity index (χ0) is 32.1. The molecule has 4 aromatic rings. The highest BCUT2D eigenvalue weighted by Gasteiger charge is 2.34. The van der Waals surface area contributed by atoms with Crippen molar-refractivity contribution in [1.29, 1.82) is 0 Å². The first-order valence-electron chi connectivity index (χ1n) is 13.4.